The van der Waals surface area contributed by atoms with Gasteiger partial charge in [-0.2, -0.15) is 11.8 Å². The summed E-state index contributed by atoms with van der Waals surface area (Å²) in [6.45, 7) is 4.94. The molecule has 18 heavy (non-hydrogen) atoms. The molecular weight excluding hydrogens is 244 g/mol. The minimum Gasteiger partial charge on any atom is -0.385 e. The first kappa shape index (κ1) is 13.3. The average Bonchev–Trinajstić information content (AvgIpc) is 2.82. The minimum absolute atomic E-state index is 0.0584. The van der Waals surface area contributed by atoms with Crippen LogP contribution in [0.4, 0.5) is 5.69 Å². The molecule has 1 amide bonds. The molecule has 3 nitrogen and oxygen atoms in total. The highest BCUT2D eigenvalue weighted by Gasteiger charge is 2.19. The van der Waals surface area contributed by atoms with E-state index >= 15 is 0 Å². The van der Waals surface area contributed by atoms with Gasteiger partial charge in [0.25, 0.3) is 5.91 Å². The zero-order valence-corrected chi connectivity index (χ0v) is 11.8. The Morgan fingerprint density at radius 3 is 2.94 bits per heavy atom. The smallest absolute Gasteiger partial charge is 0.251 e. The number of amides is 1. The van der Waals surface area contributed by atoms with E-state index in [-0.39, 0.29) is 5.91 Å². The Morgan fingerprint density at radius 2 is 2.33 bits per heavy atom. The van der Waals surface area contributed by atoms with Crippen LogP contribution in [0, 0.1) is 6.92 Å². The van der Waals surface area contributed by atoms with Crippen molar-refractivity contribution < 1.29 is 4.79 Å². The first-order valence-corrected chi connectivity index (χ1v) is 7.59. The Hall–Kier alpha value is -1.16. The van der Waals surface area contributed by atoms with E-state index in [4.69, 9.17) is 0 Å². The molecule has 98 valence electrons. The van der Waals surface area contributed by atoms with Gasteiger partial charge in [-0.05, 0) is 49.8 Å². The Morgan fingerprint density at radius 1 is 1.50 bits per heavy atom. The lowest BCUT2D eigenvalue weighted by atomic mass is 10.1. The predicted molar refractivity (Wildman–Crippen MR) is 78.5 cm³/mol. The number of hydrogen-bond donors (Lipinski definition) is 2. The van der Waals surface area contributed by atoms with Crippen LogP contribution in [0.3, 0.4) is 0 Å². The van der Waals surface area contributed by atoms with Crippen molar-refractivity contribution in [1.82, 2.24) is 5.32 Å². The fraction of sp³-hybridized carbons (Fsp3) is 0.500. The molecule has 0 bridgehead atoms. The number of thioether (sulfide) groups is 1. The van der Waals surface area contributed by atoms with Crippen molar-refractivity contribution in [1.29, 1.82) is 0 Å². The number of hydrogen-bond acceptors (Lipinski definition) is 3. The van der Waals surface area contributed by atoms with Crippen LogP contribution in [0.1, 0.15) is 29.3 Å². The van der Waals surface area contributed by atoms with Gasteiger partial charge in [0.2, 0.25) is 0 Å². The molecule has 1 saturated heterocycles. The van der Waals surface area contributed by atoms with E-state index in [2.05, 4.69) is 17.6 Å². The van der Waals surface area contributed by atoms with Gasteiger partial charge in [0.15, 0.2) is 0 Å². The molecule has 4 heteroatoms. The molecule has 1 heterocycles. The van der Waals surface area contributed by atoms with E-state index in [0.29, 0.717) is 6.04 Å². The lowest BCUT2D eigenvalue weighted by molar-refractivity contribution is 0.0940. The van der Waals surface area contributed by atoms with Crippen LogP contribution in [0.5, 0.6) is 0 Å². The third-order valence-corrected chi connectivity index (χ3v) is 4.28. The Kier molecular flexibility index (Phi) is 4.53. The number of rotatable bonds is 4. The van der Waals surface area contributed by atoms with Crippen molar-refractivity contribution in [3.8, 4) is 0 Å². The highest BCUT2D eigenvalue weighted by Crippen LogP contribution is 2.19. The fourth-order valence-electron chi connectivity index (χ4n) is 2.14. The van der Waals surface area contributed by atoms with Gasteiger partial charge in [-0.25, -0.2) is 0 Å². The number of carbonyl (C=O) groups is 1. The summed E-state index contributed by atoms with van der Waals surface area (Å²) in [5.74, 6) is 2.26. The maximum absolute atomic E-state index is 12.1. The molecule has 0 spiro atoms. The second kappa shape index (κ2) is 6.14. The summed E-state index contributed by atoms with van der Waals surface area (Å²) in [4.78, 5) is 12.1. The first-order valence-electron chi connectivity index (χ1n) is 6.44. The number of anilines is 1. The maximum atomic E-state index is 12.1. The molecule has 1 aromatic carbocycles. The SMILES string of the molecule is CCNc1ccc(C(=O)NC2CCSC2)c(C)c1. The quantitative estimate of drug-likeness (QED) is 0.878. The molecule has 2 rings (SSSR count). The minimum atomic E-state index is 0.0584. The Bertz CT molecular complexity index is 428. The average molecular weight is 264 g/mol. The lowest BCUT2D eigenvalue weighted by Crippen LogP contribution is -2.34. The van der Waals surface area contributed by atoms with Gasteiger partial charge in [0.1, 0.15) is 0 Å². The molecule has 1 atom stereocenters. The van der Waals surface area contributed by atoms with Crippen molar-refractivity contribution in [2.24, 2.45) is 0 Å². The summed E-state index contributed by atoms with van der Waals surface area (Å²) in [5.41, 5.74) is 2.88. The molecule has 0 radical (unpaired) electrons. The molecule has 1 aliphatic heterocycles. The second-order valence-corrected chi connectivity index (χ2v) is 5.74. The zero-order chi connectivity index (χ0) is 13.0. The van der Waals surface area contributed by atoms with Crippen LogP contribution in [0.15, 0.2) is 18.2 Å². The van der Waals surface area contributed by atoms with Gasteiger partial charge in [-0.3, -0.25) is 4.79 Å². The molecule has 1 fully saturated rings. The number of benzene rings is 1. The molecule has 1 aliphatic rings. The van der Waals surface area contributed by atoms with E-state index in [0.717, 1.165) is 41.3 Å². The number of nitrogens with one attached hydrogen (secondary N) is 2. The van der Waals surface area contributed by atoms with Crippen molar-refractivity contribution in [2.75, 3.05) is 23.4 Å². The van der Waals surface area contributed by atoms with E-state index < -0.39 is 0 Å². The number of carbonyl (C=O) groups excluding carboxylic acids is 1. The van der Waals surface area contributed by atoms with Crippen LogP contribution in [0.25, 0.3) is 0 Å². The van der Waals surface area contributed by atoms with Crippen molar-refractivity contribution in [3.63, 3.8) is 0 Å². The van der Waals surface area contributed by atoms with Crippen molar-refractivity contribution in [3.05, 3.63) is 29.3 Å². The molecule has 2 N–H and O–H groups in total. The fourth-order valence-corrected chi connectivity index (χ4v) is 3.30. The van der Waals surface area contributed by atoms with Gasteiger partial charge in [0.05, 0.1) is 0 Å². The van der Waals surface area contributed by atoms with Crippen LogP contribution < -0.4 is 10.6 Å². The van der Waals surface area contributed by atoms with Crippen LogP contribution in [-0.4, -0.2) is 30.0 Å². The summed E-state index contributed by atoms with van der Waals surface area (Å²) >= 11 is 1.91. The Balaban J connectivity index is 2.05. The second-order valence-electron chi connectivity index (χ2n) is 4.59. The molecular formula is C14H20N2OS. The molecule has 1 unspecified atom stereocenters. The topological polar surface area (TPSA) is 41.1 Å². The van der Waals surface area contributed by atoms with Gasteiger partial charge in [-0.1, -0.05) is 0 Å². The first-order chi connectivity index (χ1) is 8.70. The maximum Gasteiger partial charge on any atom is 0.251 e. The van der Waals surface area contributed by atoms with E-state index in [1.807, 2.05) is 36.9 Å². The van der Waals surface area contributed by atoms with Gasteiger partial charge in [-0.15, -0.1) is 0 Å². The van der Waals surface area contributed by atoms with E-state index in [1.165, 1.54) is 0 Å². The largest absolute Gasteiger partial charge is 0.385 e. The van der Waals surface area contributed by atoms with Gasteiger partial charge in [0, 0.05) is 29.6 Å². The molecule has 0 saturated carbocycles. The molecule has 0 aliphatic carbocycles. The van der Waals surface area contributed by atoms with Crippen LogP contribution >= 0.6 is 11.8 Å². The van der Waals surface area contributed by atoms with E-state index in [1.54, 1.807) is 0 Å². The lowest BCUT2D eigenvalue weighted by Gasteiger charge is -2.13. The van der Waals surface area contributed by atoms with Gasteiger partial charge >= 0.3 is 0 Å². The summed E-state index contributed by atoms with van der Waals surface area (Å²) in [6, 6.07) is 6.25. The normalized spacial score (nSPS) is 18.7. The van der Waals surface area contributed by atoms with Gasteiger partial charge < -0.3 is 10.6 Å². The molecule has 0 aromatic heterocycles. The predicted octanol–water partition coefficient (Wildman–Crippen LogP) is 2.66. The molecule has 1 aromatic rings. The monoisotopic (exact) mass is 264 g/mol. The third-order valence-electron chi connectivity index (χ3n) is 3.12. The van der Waals surface area contributed by atoms with E-state index in [9.17, 15) is 4.79 Å². The summed E-state index contributed by atoms with van der Waals surface area (Å²) in [7, 11) is 0. The Labute approximate surface area is 113 Å². The highest BCUT2D eigenvalue weighted by atomic mass is 32.2. The third kappa shape index (κ3) is 3.19. The standard InChI is InChI=1S/C14H20N2OS/c1-3-15-11-4-5-13(10(2)8-11)14(17)16-12-6-7-18-9-12/h4-5,8,12,15H,3,6-7,9H2,1-2H3,(H,16,17). The summed E-state index contributed by atoms with van der Waals surface area (Å²) in [6.07, 6.45) is 1.09. The van der Waals surface area contributed by atoms with Crippen molar-refractivity contribution >= 4 is 23.4 Å². The summed E-state index contributed by atoms with van der Waals surface area (Å²) in [5, 5.41) is 6.36. The summed E-state index contributed by atoms with van der Waals surface area (Å²) < 4.78 is 0. The van der Waals surface area contributed by atoms with Crippen molar-refractivity contribution in [2.45, 2.75) is 26.3 Å². The number of aryl methyl sites for hydroxylation is 1. The van der Waals surface area contributed by atoms with Crippen LogP contribution in [0.2, 0.25) is 0 Å². The highest BCUT2D eigenvalue weighted by molar-refractivity contribution is 7.99. The van der Waals surface area contributed by atoms with Crippen LogP contribution in [-0.2, 0) is 0 Å². The zero-order valence-electron chi connectivity index (χ0n) is 11.0.